The number of carbonyl (C=O) groups is 2. The smallest absolute Gasteiger partial charge is 0.254 e. The highest BCUT2D eigenvalue weighted by Gasteiger charge is 2.47. The zero-order valence-corrected chi connectivity index (χ0v) is 15.4. The summed E-state index contributed by atoms with van der Waals surface area (Å²) in [5, 5.41) is 3.07. The average molecular weight is 342 g/mol. The first-order valence-electron chi connectivity index (χ1n) is 9.73. The molecular formula is C21H30N2O2. The summed E-state index contributed by atoms with van der Waals surface area (Å²) < 4.78 is 0. The number of hydrogen-bond donors (Lipinski definition) is 1. The first-order valence-corrected chi connectivity index (χ1v) is 9.73. The molecule has 0 bridgehead atoms. The quantitative estimate of drug-likeness (QED) is 0.888. The fraction of sp³-hybridized carbons (Fsp3) is 0.619. The number of nitrogens with zero attached hydrogens (tertiary/aromatic N) is 1. The van der Waals surface area contributed by atoms with E-state index in [2.05, 4.69) is 19.2 Å². The summed E-state index contributed by atoms with van der Waals surface area (Å²) in [5.74, 6) is 1.08. The predicted octanol–water partition coefficient (Wildman–Crippen LogP) is 3.62. The Balaban J connectivity index is 1.77. The van der Waals surface area contributed by atoms with Crippen LogP contribution in [0.4, 0.5) is 0 Å². The van der Waals surface area contributed by atoms with Crippen molar-refractivity contribution in [1.29, 1.82) is 0 Å². The van der Waals surface area contributed by atoms with E-state index in [9.17, 15) is 9.59 Å². The van der Waals surface area contributed by atoms with Gasteiger partial charge in [-0.25, -0.2) is 0 Å². The lowest BCUT2D eigenvalue weighted by molar-refractivity contribution is -0.125. The minimum atomic E-state index is -0.312. The minimum Gasteiger partial charge on any atom is -0.354 e. The number of amides is 2. The average Bonchev–Trinajstić information content (AvgIpc) is 3.01. The summed E-state index contributed by atoms with van der Waals surface area (Å²) in [7, 11) is 0. The van der Waals surface area contributed by atoms with Crippen LogP contribution in [0, 0.1) is 11.8 Å². The van der Waals surface area contributed by atoms with Crippen LogP contribution in [0.3, 0.4) is 0 Å². The molecule has 2 amide bonds. The van der Waals surface area contributed by atoms with Crippen molar-refractivity contribution < 1.29 is 9.59 Å². The fourth-order valence-electron chi connectivity index (χ4n) is 4.32. The molecule has 2 aliphatic rings. The summed E-state index contributed by atoms with van der Waals surface area (Å²) in [4.78, 5) is 27.9. The van der Waals surface area contributed by atoms with Crippen LogP contribution in [0.2, 0.25) is 0 Å². The maximum absolute atomic E-state index is 13.1. The Hall–Kier alpha value is -1.84. The normalized spacial score (nSPS) is 25.7. The van der Waals surface area contributed by atoms with Crippen LogP contribution >= 0.6 is 0 Å². The van der Waals surface area contributed by atoms with Crippen molar-refractivity contribution in [2.45, 2.75) is 64.5 Å². The molecule has 0 radical (unpaired) electrons. The van der Waals surface area contributed by atoms with Crippen molar-refractivity contribution in [2.75, 3.05) is 6.54 Å². The van der Waals surface area contributed by atoms with E-state index in [4.69, 9.17) is 0 Å². The van der Waals surface area contributed by atoms with Gasteiger partial charge in [-0.3, -0.25) is 9.59 Å². The van der Waals surface area contributed by atoms with E-state index in [0.717, 1.165) is 32.1 Å². The van der Waals surface area contributed by atoms with Gasteiger partial charge in [-0.15, -0.1) is 0 Å². The maximum Gasteiger partial charge on any atom is 0.254 e. The first kappa shape index (κ1) is 18.0. The number of fused-ring (bicyclic) bond motifs is 1. The molecule has 1 saturated carbocycles. The van der Waals surface area contributed by atoms with Crippen LogP contribution in [0.5, 0.6) is 0 Å². The lowest BCUT2D eigenvalue weighted by atomic mass is 9.84. The number of rotatable bonds is 5. The van der Waals surface area contributed by atoms with Gasteiger partial charge in [0.05, 0.1) is 0 Å². The molecule has 4 heteroatoms. The van der Waals surface area contributed by atoms with E-state index in [1.807, 2.05) is 35.2 Å². The molecule has 3 atom stereocenters. The molecule has 25 heavy (non-hydrogen) atoms. The molecule has 1 aromatic rings. The maximum atomic E-state index is 13.1. The standard InChI is InChI=1S/C21H30N2O2/c1-15(2)12-13-22-20(24)19-14-17-10-6-7-11-18(17)23(19)21(25)16-8-4-3-5-9-16/h3-5,8-9,15,17-19H,6-7,10-14H2,1-2H3,(H,22,24). The Morgan fingerprint density at radius 2 is 1.88 bits per heavy atom. The van der Waals surface area contributed by atoms with Crippen LogP contribution in [0.25, 0.3) is 0 Å². The van der Waals surface area contributed by atoms with Crippen LogP contribution in [-0.4, -0.2) is 35.3 Å². The van der Waals surface area contributed by atoms with Gasteiger partial charge in [0.25, 0.3) is 5.91 Å². The van der Waals surface area contributed by atoms with Crippen LogP contribution in [0.1, 0.15) is 62.7 Å². The van der Waals surface area contributed by atoms with E-state index in [0.29, 0.717) is 23.9 Å². The number of benzene rings is 1. The molecule has 1 heterocycles. The van der Waals surface area contributed by atoms with E-state index in [1.54, 1.807) is 0 Å². The van der Waals surface area contributed by atoms with Gasteiger partial charge in [0.2, 0.25) is 5.91 Å². The molecule has 1 aliphatic heterocycles. The van der Waals surface area contributed by atoms with Gasteiger partial charge in [-0.2, -0.15) is 0 Å². The van der Waals surface area contributed by atoms with E-state index < -0.39 is 0 Å². The van der Waals surface area contributed by atoms with Crippen molar-refractivity contribution in [1.82, 2.24) is 10.2 Å². The van der Waals surface area contributed by atoms with Crippen molar-refractivity contribution in [3.8, 4) is 0 Å². The van der Waals surface area contributed by atoms with Gasteiger partial charge in [0, 0.05) is 18.2 Å². The molecule has 1 N–H and O–H groups in total. The Morgan fingerprint density at radius 3 is 2.60 bits per heavy atom. The highest BCUT2D eigenvalue weighted by atomic mass is 16.2. The summed E-state index contributed by atoms with van der Waals surface area (Å²) in [5.41, 5.74) is 0.689. The molecular weight excluding hydrogens is 312 g/mol. The van der Waals surface area contributed by atoms with Gasteiger partial charge in [-0.05, 0) is 49.7 Å². The number of nitrogens with one attached hydrogen (secondary N) is 1. The van der Waals surface area contributed by atoms with Gasteiger partial charge in [0.15, 0.2) is 0 Å². The topological polar surface area (TPSA) is 49.4 Å². The highest BCUT2D eigenvalue weighted by molar-refractivity contribution is 5.98. The lowest BCUT2D eigenvalue weighted by Crippen LogP contribution is -2.49. The highest BCUT2D eigenvalue weighted by Crippen LogP contribution is 2.40. The van der Waals surface area contributed by atoms with Gasteiger partial charge in [-0.1, -0.05) is 44.9 Å². The second-order valence-electron chi connectivity index (χ2n) is 7.92. The van der Waals surface area contributed by atoms with Gasteiger partial charge < -0.3 is 10.2 Å². The molecule has 1 aliphatic carbocycles. The second-order valence-corrected chi connectivity index (χ2v) is 7.92. The van der Waals surface area contributed by atoms with Crippen LogP contribution in [-0.2, 0) is 4.79 Å². The number of hydrogen-bond acceptors (Lipinski definition) is 2. The van der Waals surface area contributed by atoms with Crippen molar-refractivity contribution >= 4 is 11.8 Å². The summed E-state index contributed by atoms with van der Waals surface area (Å²) in [6.45, 7) is 5.00. The molecule has 2 fully saturated rings. The molecule has 0 spiro atoms. The third-order valence-corrected chi connectivity index (χ3v) is 5.67. The zero-order valence-electron chi connectivity index (χ0n) is 15.4. The van der Waals surface area contributed by atoms with Gasteiger partial charge in [0.1, 0.15) is 6.04 Å². The van der Waals surface area contributed by atoms with Crippen LogP contribution in [0.15, 0.2) is 30.3 Å². The van der Waals surface area contributed by atoms with E-state index in [-0.39, 0.29) is 23.9 Å². The molecule has 136 valence electrons. The Bertz CT molecular complexity index is 599. The molecule has 3 unspecified atom stereocenters. The third kappa shape index (κ3) is 4.05. The zero-order chi connectivity index (χ0) is 17.8. The second kappa shape index (κ2) is 8.03. The molecule has 4 nitrogen and oxygen atoms in total. The van der Waals surface area contributed by atoms with Crippen molar-refractivity contribution in [3.63, 3.8) is 0 Å². The molecule has 1 saturated heterocycles. The summed E-state index contributed by atoms with van der Waals surface area (Å²) >= 11 is 0. The molecule has 0 aromatic heterocycles. The Morgan fingerprint density at radius 1 is 1.16 bits per heavy atom. The SMILES string of the molecule is CC(C)CCNC(=O)C1CC2CCCCC2N1C(=O)c1ccccc1. The summed E-state index contributed by atoms with van der Waals surface area (Å²) in [6.07, 6.45) is 6.32. The molecule has 1 aromatic carbocycles. The fourth-order valence-corrected chi connectivity index (χ4v) is 4.32. The van der Waals surface area contributed by atoms with E-state index >= 15 is 0 Å². The minimum absolute atomic E-state index is 0.0130. The van der Waals surface area contributed by atoms with Crippen molar-refractivity contribution in [2.24, 2.45) is 11.8 Å². The monoisotopic (exact) mass is 342 g/mol. The largest absolute Gasteiger partial charge is 0.354 e. The van der Waals surface area contributed by atoms with Crippen molar-refractivity contribution in [3.05, 3.63) is 35.9 Å². The number of carbonyl (C=O) groups excluding carboxylic acids is 2. The predicted molar refractivity (Wildman–Crippen MR) is 99.2 cm³/mol. The van der Waals surface area contributed by atoms with Gasteiger partial charge >= 0.3 is 0 Å². The molecule has 3 rings (SSSR count). The summed E-state index contributed by atoms with van der Waals surface area (Å²) in [6, 6.07) is 9.31. The van der Waals surface area contributed by atoms with E-state index in [1.165, 1.54) is 6.42 Å². The first-order chi connectivity index (χ1) is 12.1. The Labute approximate surface area is 151 Å². The lowest BCUT2D eigenvalue weighted by Gasteiger charge is -2.33. The third-order valence-electron chi connectivity index (χ3n) is 5.67. The van der Waals surface area contributed by atoms with Crippen LogP contribution < -0.4 is 5.32 Å². The number of likely N-dealkylation sites (tertiary alicyclic amines) is 1. The Kier molecular flexibility index (Phi) is 5.77.